The van der Waals surface area contributed by atoms with E-state index < -0.39 is 5.97 Å². The molecule has 1 fully saturated rings. The standard InChI is InChI=1S/C22H17Cl3N2O4/c23-16-6-5-14(20(24)21(16)25)18-11-15(13-3-1-2-4-17(13)26-18)22(29)31-12-19(28)27-7-9-30-10-8-27/h1-6,11H,7-10,12H2. The number of ether oxygens (including phenoxy) is 2. The van der Waals surface area contributed by atoms with Crippen LogP contribution in [-0.4, -0.2) is 54.7 Å². The zero-order chi connectivity index (χ0) is 22.0. The predicted molar refractivity (Wildman–Crippen MR) is 120 cm³/mol. The maximum Gasteiger partial charge on any atom is 0.339 e. The van der Waals surface area contributed by atoms with E-state index in [1.54, 1.807) is 41.3 Å². The van der Waals surface area contributed by atoms with E-state index >= 15 is 0 Å². The van der Waals surface area contributed by atoms with Gasteiger partial charge in [-0.3, -0.25) is 4.79 Å². The molecule has 2 aromatic carbocycles. The summed E-state index contributed by atoms with van der Waals surface area (Å²) in [5.74, 6) is -0.889. The van der Waals surface area contributed by atoms with Crippen molar-refractivity contribution in [1.82, 2.24) is 9.88 Å². The van der Waals surface area contributed by atoms with Gasteiger partial charge in [0.05, 0.1) is 45.1 Å². The first kappa shape index (κ1) is 21.8. The van der Waals surface area contributed by atoms with Gasteiger partial charge in [0.2, 0.25) is 0 Å². The first-order chi connectivity index (χ1) is 15.0. The lowest BCUT2D eigenvalue weighted by molar-refractivity contribution is -0.138. The van der Waals surface area contributed by atoms with Gasteiger partial charge in [0.1, 0.15) is 0 Å². The van der Waals surface area contributed by atoms with E-state index in [9.17, 15) is 9.59 Å². The molecular formula is C22H17Cl3N2O4. The number of fused-ring (bicyclic) bond motifs is 1. The van der Waals surface area contributed by atoms with Gasteiger partial charge in [-0.25, -0.2) is 9.78 Å². The van der Waals surface area contributed by atoms with E-state index in [4.69, 9.17) is 44.3 Å². The van der Waals surface area contributed by atoms with Crippen molar-refractivity contribution in [2.24, 2.45) is 0 Å². The van der Waals surface area contributed by atoms with Gasteiger partial charge in [0.15, 0.2) is 6.61 Å². The van der Waals surface area contributed by atoms with E-state index in [-0.39, 0.29) is 28.1 Å². The molecule has 1 amide bonds. The highest BCUT2D eigenvalue weighted by molar-refractivity contribution is 6.49. The van der Waals surface area contributed by atoms with Crippen LogP contribution in [0.25, 0.3) is 22.2 Å². The van der Waals surface area contributed by atoms with E-state index in [0.29, 0.717) is 53.5 Å². The Kier molecular flexibility index (Phi) is 6.62. The predicted octanol–water partition coefficient (Wildman–Crippen LogP) is 4.88. The van der Waals surface area contributed by atoms with Crippen molar-refractivity contribution in [2.75, 3.05) is 32.9 Å². The number of pyridine rings is 1. The summed E-state index contributed by atoms with van der Waals surface area (Å²) in [6.07, 6.45) is 0. The third-order valence-electron chi connectivity index (χ3n) is 4.94. The molecule has 0 unspecified atom stereocenters. The quantitative estimate of drug-likeness (QED) is 0.394. The van der Waals surface area contributed by atoms with Gasteiger partial charge < -0.3 is 14.4 Å². The second-order valence-corrected chi connectivity index (χ2v) is 8.03. The smallest absolute Gasteiger partial charge is 0.339 e. The van der Waals surface area contributed by atoms with Gasteiger partial charge in [0, 0.05) is 24.0 Å². The number of aromatic nitrogens is 1. The number of carbonyl (C=O) groups excluding carboxylic acids is 2. The molecule has 1 aliphatic rings. The number of hydrogen-bond acceptors (Lipinski definition) is 5. The summed E-state index contributed by atoms with van der Waals surface area (Å²) in [4.78, 5) is 31.5. The van der Waals surface area contributed by atoms with Gasteiger partial charge in [-0.05, 0) is 24.3 Å². The van der Waals surface area contributed by atoms with Crippen LogP contribution in [0, 0.1) is 0 Å². The maximum atomic E-state index is 12.9. The van der Waals surface area contributed by atoms with E-state index in [0.717, 1.165) is 0 Å². The average Bonchev–Trinajstić information content (AvgIpc) is 2.80. The van der Waals surface area contributed by atoms with E-state index in [1.807, 2.05) is 6.07 Å². The van der Waals surface area contributed by atoms with Crippen LogP contribution in [0.4, 0.5) is 0 Å². The van der Waals surface area contributed by atoms with Gasteiger partial charge in [-0.2, -0.15) is 0 Å². The lowest BCUT2D eigenvalue weighted by Gasteiger charge is -2.26. The van der Waals surface area contributed by atoms with Crippen LogP contribution in [0.15, 0.2) is 42.5 Å². The summed E-state index contributed by atoms with van der Waals surface area (Å²) in [7, 11) is 0. The Balaban J connectivity index is 1.66. The molecular weight excluding hydrogens is 463 g/mol. The number of rotatable bonds is 4. The summed E-state index contributed by atoms with van der Waals surface area (Å²) in [6.45, 7) is 1.56. The minimum atomic E-state index is -0.627. The van der Waals surface area contributed by atoms with Crippen LogP contribution in [0.2, 0.25) is 15.1 Å². The molecule has 31 heavy (non-hydrogen) atoms. The minimum absolute atomic E-state index is 0.205. The highest BCUT2D eigenvalue weighted by Crippen LogP contribution is 2.38. The number of benzene rings is 2. The van der Waals surface area contributed by atoms with Crippen LogP contribution in [0.3, 0.4) is 0 Å². The van der Waals surface area contributed by atoms with E-state index in [2.05, 4.69) is 4.98 Å². The Bertz CT molecular complexity index is 1160. The molecule has 2 heterocycles. The molecule has 4 rings (SSSR count). The number of esters is 1. The largest absolute Gasteiger partial charge is 0.452 e. The topological polar surface area (TPSA) is 68.7 Å². The fraction of sp³-hybridized carbons (Fsp3) is 0.227. The number of morpholine rings is 1. The van der Waals surface area contributed by atoms with Crippen LogP contribution >= 0.6 is 34.8 Å². The van der Waals surface area contributed by atoms with Crippen molar-refractivity contribution in [3.05, 3.63) is 63.1 Å². The third-order valence-corrected chi connectivity index (χ3v) is 6.23. The lowest BCUT2D eigenvalue weighted by atomic mass is 10.0. The van der Waals surface area contributed by atoms with Crippen LogP contribution in [0.1, 0.15) is 10.4 Å². The zero-order valence-electron chi connectivity index (χ0n) is 16.2. The Hall–Kier alpha value is -2.38. The highest BCUT2D eigenvalue weighted by atomic mass is 35.5. The number of carbonyl (C=O) groups is 2. The lowest BCUT2D eigenvalue weighted by Crippen LogP contribution is -2.42. The molecule has 1 aromatic heterocycles. The Morgan fingerprint density at radius 2 is 1.77 bits per heavy atom. The van der Waals surface area contributed by atoms with Gasteiger partial charge in [-0.15, -0.1) is 0 Å². The first-order valence-electron chi connectivity index (χ1n) is 9.52. The van der Waals surface area contributed by atoms with Gasteiger partial charge >= 0.3 is 5.97 Å². The summed E-state index contributed by atoms with van der Waals surface area (Å²) >= 11 is 18.6. The number of nitrogens with zero attached hydrogens (tertiary/aromatic N) is 2. The molecule has 9 heteroatoms. The highest BCUT2D eigenvalue weighted by Gasteiger charge is 2.21. The molecule has 1 aliphatic heterocycles. The third kappa shape index (κ3) is 4.62. The number of amides is 1. The van der Waals surface area contributed by atoms with Crippen LogP contribution in [-0.2, 0) is 14.3 Å². The Labute approximate surface area is 193 Å². The summed E-state index contributed by atoms with van der Waals surface area (Å²) in [5, 5.41) is 1.36. The van der Waals surface area contributed by atoms with Crippen molar-refractivity contribution in [3.8, 4) is 11.3 Å². The minimum Gasteiger partial charge on any atom is -0.452 e. The Morgan fingerprint density at radius 1 is 1.03 bits per heavy atom. The molecule has 3 aromatic rings. The molecule has 6 nitrogen and oxygen atoms in total. The van der Waals surface area contributed by atoms with Gasteiger partial charge in [-0.1, -0.05) is 53.0 Å². The molecule has 0 spiro atoms. The van der Waals surface area contributed by atoms with Crippen molar-refractivity contribution < 1.29 is 19.1 Å². The summed E-state index contributed by atoms with van der Waals surface area (Å²) < 4.78 is 10.6. The molecule has 0 bridgehead atoms. The molecule has 0 aliphatic carbocycles. The molecule has 0 N–H and O–H groups in total. The fourth-order valence-electron chi connectivity index (χ4n) is 3.32. The second-order valence-electron chi connectivity index (χ2n) is 6.86. The second kappa shape index (κ2) is 9.40. The number of halogens is 3. The number of hydrogen-bond donors (Lipinski definition) is 0. The van der Waals surface area contributed by atoms with E-state index in [1.165, 1.54) is 0 Å². The first-order valence-corrected chi connectivity index (χ1v) is 10.7. The van der Waals surface area contributed by atoms with Crippen molar-refractivity contribution in [3.63, 3.8) is 0 Å². The monoisotopic (exact) mass is 478 g/mol. The average molecular weight is 480 g/mol. The van der Waals surface area contributed by atoms with Crippen molar-refractivity contribution >= 4 is 57.6 Å². The normalized spacial score (nSPS) is 14.0. The maximum absolute atomic E-state index is 12.9. The van der Waals surface area contributed by atoms with Crippen molar-refractivity contribution in [1.29, 1.82) is 0 Å². The molecule has 1 saturated heterocycles. The fourth-order valence-corrected chi connectivity index (χ4v) is 3.95. The molecule has 0 radical (unpaired) electrons. The van der Waals surface area contributed by atoms with Gasteiger partial charge in [0.25, 0.3) is 5.91 Å². The zero-order valence-corrected chi connectivity index (χ0v) is 18.5. The molecule has 160 valence electrons. The molecule has 0 saturated carbocycles. The van der Waals surface area contributed by atoms with Crippen molar-refractivity contribution in [2.45, 2.75) is 0 Å². The summed E-state index contributed by atoms with van der Waals surface area (Å²) in [5.41, 5.74) is 1.82. The van der Waals surface area contributed by atoms with Crippen LogP contribution < -0.4 is 0 Å². The SMILES string of the molecule is O=C(OCC(=O)N1CCOCC1)c1cc(-c2ccc(Cl)c(Cl)c2Cl)nc2ccccc12. The Morgan fingerprint density at radius 3 is 2.55 bits per heavy atom. The van der Waals surface area contributed by atoms with Crippen LogP contribution in [0.5, 0.6) is 0 Å². The number of para-hydroxylation sites is 1. The molecule has 0 atom stereocenters. The summed E-state index contributed by atoms with van der Waals surface area (Å²) in [6, 6.07) is 12.0.